The van der Waals surface area contributed by atoms with Gasteiger partial charge in [0, 0.05) is 26.7 Å². The molecule has 1 aromatic carbocycles. The van der Waals surface area contributed by atoms with E-state index in [1.807, 2.05) is 25.2 Å². The van der Waals surface area contributed by atoms with Gasteiger partial charge in [-0.25, -0.2) is 4.79 Å². The maximum atomic E-state index is 12.3. The van der Waals surface area contributed by atoms with Crippen molar-refractivity contribution in [1.29, 1.82) is 0 Å². The van der Waals surface area contributed by atoms with E-state index in [1.165, 1.54) is 0 Å². The van der Waals surface area contributed by atoms with Gasteiger partial charge in [-0.1, -0.05) is 12.1 Å². The first-order valence-corrected chi connectivity index (χ1v) is 8.78. The lowest BCUT2D eigenvalue weighted by atomic mass is 10.2. The van der Waals surface area contributed by atoms with Crippen molar-refractivity contribution in [3.8, 4) is 5.75 Å². The molecule has 2 heterocycles. The summed E-state index contributed by atoms with van der Waals surface area (Å²) in [4.78, 5) is 16.2. The van der Waals surface area contributed by atoms with Crippen molar-refractivity contribution in [2.75, 3.05) is 44.7 Å². The molecule has 2 aliphatic rings. The average molecular weight is 333 g/mol. The van der Waals surface area contributed by atoms with E-state index in [1.54, 1.807) is 4.90 Å². The minimum absolute atomic E-state index is 0.0293. The standard InChI is InChI=1S/C18H27N3O3/c1-3-21-13-15(24-17-9-5-4-8-16(17)21)12-20(2)18(22)19-11-14-7-6-10-23-14/h4-5,8-9,14-15H,3,6-7,10-13H2,1-2H3,(H,19,22). The Bertz CT molecular complexity index is 560. The Morgan fingerprint density at radius 1 is 1.38 bits per heavy atom. The van der Waals surface area contributed by atoms with Crippen molar-refractivity contribution >= 4 is 11.7 Å². The molecule has 2 aliphatic heterocycles. The molecule has 6 heteroatoms. The third-order valence-electron chi connectivity index (χ3n) is 4.63. The highest BCUT2D eigenvalue weighted by Crippen LogP contribution is 2.32. The minimum atomic E-state index is -0.0731. The summed E-state index contributed by atoms with van der Waals surface area (Å²) in [6.45, 7) is 5.79. The Morgan fingerprint density at radius 3 is 2.96 bits per heavy atom. The van der Waals surface area contributed by atoms with Gasteiger partial charge in [-0.15, -0.1) is 0 Å². The lowest BCUT2D eigenvalue weighted by molar-refractivity contribution is 0.107. The second-order valence-electron chi connectivity index (χ2n) is 6.45. The number of hydrogen-bond donors (Lipinski definition) is 1. The van der Waals surface area contributed by atoms with Gasteiger partial charge >= 0.3 is 6.03 Å². The van der Waals surface area contributed by atoms with Crippen LogP contribution in [0.4, 0.5) is 10.5 Å². The van der Waals surface area contributed by atoms with Gasteiger partial charge in [0.1, 0.15) is 11.9 Å². The fourth-order valence-corrected chi connectivity index (χ4v) is 3.30. The van der Waals surface area contributed by atoms with Gasteiger partial charge in [-0.3, -0.25) is 0 Å². The Labute approximate surface area is 143 Å². The number of ether oxygens (including phenoxy) is 2. The summed E-state index contributed by atoms with van der Waals surface area (Å²) in [5.74, 6) is 0.892. The molecule has 1 fully saturated rings. The zero-order valence-corrected chi connectivity index (χ0v) is 14.5. The van der Waals surface area contributed by atoms with Crippen LogP contribution in [-0.2, 0) is 4.74 Å². The van der Waals surface area contributed by atoms with Gasteiger partial charge in [0.25, 0.3) is 0 Å². The summed E-state index contributed by atoms with van der Waals surface area (Å²) in [5, 5.41) is 2.95. The van der Waals surface area contributed by atoms with Crippen LogP contribution in [0.15, 0.2) is 24.3 Å². The van der Waals surface area contributed by atoms with Crippen LogP contribution < -0.4 is 15.0 Å². The van der Waals surface area contributed by atoms with Gasteiger partial charge in [-0.2, -0.15) is 0 Å². The quantitative estimate of drug-likeness (QED) is 0.896. The smallest absolute Gasteiger partial charge is 0.317 e. The molecule has 1 aromatic rings. The van der Waals surface area contributed by atoms with E-state index < -0.39 is 0 Å². The van der Waals surface area contributed by atoms with E-state index in [2.05, 4.69) is 23.2 Å². The van der Waals surface area contributed by atoms with Crippen LogP contribution >= 0.6 is 0 Å². The second kappa shape index (κ2) is 7.75. The van der Waals surface area contributed by atoms with Crippen molar-refractivity contribution in [2.24, 2.45) is 0 Å². The molecule has 24 heavy (non-hydrogen) atoms. The van der Waals surface area contributed by atoms with Crippen LogP contribution in [-0.4, -0.2) is 63.0 Å². The van der Waals surface area contributed by atoms with Crippen molar-refractivity contribution in [3.63, 3.8) is 0 Å². The summed E-state index contributed by atoms with van der Waals surface area (Å²) in [5.41, 5.74) is 1.13. The number of hydrogen-bond acceptors (Lipinski definition) is 4. The third-order valence-corrected chi connectivity index (χ3v) is 4.63. The van der Waals surface area contributed by atoms with E-state index in [0.29, 0.717) is 13.1 Å². The van der Waals surface area contributed by atoms with E-state index in [-0.39, 0.29) is 18.2 Å². The average Bonchev–Trinajstić information content (AvgIpc) is 3.12. The molecule has 0 saturated carbocycles. The Morgan fingerprint density at radius 2 is 2.21 bits per heavy atom. The number of nitrogens with zero attached hydrogens (tertiary/aromatic N) is 2. The number of para-hydroxylation sites is 2. The van der Waals surface area contributed by atoms with E-state index in [4.69, 9.17) is 9.47 Å². The highest BCUT2D eigenvalue weighted by Gasteiger charge is 2.27. The molecule has 1 N–H and O–H groups in total. The van der Waals surface area contributed by atoms with Crippen LogP contribution in [0, 0.1) is 0 Å². The summed E-state index contributed by atoms with van der Waals surface area (Å²) in [7, 11) is 1.81. The fourth-order valence-electron chi connectivity index (χ4n) is 3.30. The molecular formula is C18H27N3O3. The predicted octanol–water partition coefficient (Wildman–Crippen LogP) is 2.09. The zero-order chi connectivity index (χ0) is 16.9. The maximum absolute atomic E-state index is 12.3. The van der Waals surface area contributed by atoms with Gasteiger partial charge in [-0.05, 0) is 31.9 Å². The van der Waals surface area contributed by atoms with Crippen LogP contribution in [0.25, 0.3) is 0 Å². The lowest BCUT2D eigenvalue weighted by Gasteiger charge is -2.37. The summed E-state index contributed by atoms with van der Waals surface area (Å²) >= 11 is 0. The Balaban J connectivity index is 1.52. The number of carbonyl (C=O) groups is 1. The van der Waals surface area contributed by atoms with Gasteiger partial charge < -0.3 is 24.6 Å². The molecule has 0 aliphatic carbocycles. The van der Waals surface area contributed by atoms with Crippen molar-refractivity contribution in [2.45, 2.75) is 32.0 Å². The number of carbonyl (C=O) groups excluding carboxylic acids is 1. The molecule has 0 bridgehead atoms. The Kier molecular flexibility index (Phi) is 5.45. The van der Waals surface area contributed by atoms with Crippen LogP contribution in [0.3, 0.4) is 0 Å². The van der Waals surface area contributed by atoms with Crippen LogP contribution in [0.2, 0.25) is 0 Å². The van der Waals surface area contributed by atoms with Crippen molar-refractivity contribution in [1.82, 2.24) is 10.2 Å². The molecule has 6 nitrogen and oxygen atoms in total. The topological polar surface area (TPSA) is 54.0 Å². The van der Waals surface area contributed by atoms with Gasteiger partial charge in [0.2, 0.25) is 0 Å². The molecule has 0 radical (unpaired) electrons. The van der Waals surface area contributed by atoms with Crippen molar-refractivity contribution < 1.29 is 14.3 Å². The van der Waals surface area contributed by atoms with Crippen LogP contribution in [0.5, 0.6) is 5.75 Å². The molecule has 3 rings (SSSR count). The number of nitrogens with one attached hydrogen (secondary N) is 1. The number of urea groups is 1. The zero-order valence-electron chi connectivity index (χ0n) is 14.5. The number of benzene rings is 1. The largest absolute Gasteiger partial charge is 0.485 e. The first kappa shape index (κ1) is 16.9. The fraction of sp³-hybridized carbons (Fsp3) is 0.611. The maximum Gasteiger partial charge on any atom is 0.317 e. The normalized spacial score (nSPS) is 22.7. The minimum Gasteiger partial charge on any atom is -0.485 e. The number of rotatable bonds is 5. The van der Waals surface area contributed by atoms with E-state index in [9.17, 15) is 4.79 Å². The monoisotopic (exact) mass is 333 g/mol. The first-order valence-electron chi connectivity index (χ1n) is 8.78. The first-order chi connectivity index (χ1) is 11.7. The highest BCUT2D eigenvalue weighted by atomic mass is 16.5. The van der Waals surface area contributed by atoms with Gasteiger partial charge in [0.15, 0.2) is 0 Å². The van der Waals surface area contributed by atoms with E-state index >= 15 is 0 Å². The molecule has 2 unspecified atom stereocenters. The summed E-state index contributed by atoms with van der Waals surface area (Å²) < 4.78 is 11.6. The molecule has 0 aromatic heterocycles. The summed E-state index contributed by atoms with van der Waals surface area (Å²) in [6, 6.07) is 7.99. The summed E-state index contributed by atoms with van der Waals surface area (Å²) in [6.07, 6.45) is 2.24. The van der Waals surface area contributed by atoms with Crippen LogP contribution in [0.1, 0.15) is 19.8 Å². The highest BCUT2D eigenvalue weighted by molar-refractivity contribution is 5.74. The van der Waals surface area contributed by atoms with Crippen molar-refractivity contribution in [3.05, 3.63) is 24.3 Å². The number of likely N-dealkylation sites (N-methyl/N-ethyl adjacent to an activating group) is 2. The SMILES string of the molecule is CCN1CC(CN(C)C(=O)NCC2CCCO2)Oc2ccccc21. The van der Waals surface area contributed by atoms with Gasteiger partial charge in [0.05, 0.1) is 24.9 Å². The third kappa shape index (κ3) is 3.93. The molecule has 1 saturated heterocycles. The predicted molar refractivity (Wildman–Crippen MR) is 93.7 cm³/mol. The molecule has 132 valence electrons. The number of fused-ring (bicyclic) bond motifs is 1. The molecular weight excluding hydrogens is 306 g/mol. The second-order valence-corrected chi connectivity index (χ2v) is 6.45. The number of anilines is 1. The lowest BCUT2D eigenvalue weighted by Crippen LogP contribution is -2.49. The Hall–Kier alpha value is -1.95. The molecule has 2 amide bonds. The number of amides is 2. The van der Waals surface area contributed by atoms with E-state index in [0.717, 1.165) is 44.0 Å². The molecule has 2 atom stereocenters. The molecule has 0 spiro atoms.